The highest BCUT2D eigenvalue weighted by atomic mass is 35.5. The molecule has 0 saturated carbocycles. The molecule has 0 radical (unpaired) electrons. The minimum absolute atomic E-state index is 0.00286. The van der Waals surface area contributed by atoms with Crippen LogP contribution in [-0.4, -0.2) is 56.7 Å². The third kappa shape index (κ3) is 6.49. The summed E-state index contributed by atoms with van der Waals surface area (Å²) in [6, 6.07) is 7.93. The molecular weight excluding hydrogens is 453 g/mol. The second-order valence-electron chi connectivity index (χ2n) is 7.74. The van der Waals surface area contributed by atoms with Gasteiger partial charge in [-0.2, -0.15) is 0 Å². The first-order valence-corrected chi connectivity index (χ1v) is 10.8. The van der Waals surface area contributed by atoms with E-state index in [2.05, 4.69) is 10.2 Å². The van der Waals surface area contributed by atoms with Crippen molar-refractivity contribution in [2.75, 3.05) is 33.9 Å². The number of likely N-dealkylation sites (tertiary alicyclic amines) is 1. The van der Waals surface area contributed by atoms with Gasteiger partial charge in [0.25, 0.3) is 11.8 Å². The molecule has 3 N–H and O–H groups in total. The smallest absolute Gasteiger partial charge is 0.255 e. The molecule has 0 bridgehead atoms. The van der Waals surface area contributed by atoms with E-state index in [0.29, 0.717) is 12.1 Å². The van der Waals surface area contributed by atoms with E-state index in [1.165, 1.54) is 32.4 Å². The van der Waals surface area contributed by atoms with Crippen molar-refractivity contribution in [1.82, 2.24) is 10.2 Å². The first-order valence-electron chi connectivity index (χ1n) is 10.4. The van der Waals surface area contributed by atoms with Crippen LogP contribution < -0.4 is 25.3 Å². The van der Waals surface area contributed by atoms with E-state index >= 15 is 0 Å². The third-order valence-corrected chi connectivity index (χ3v) is 5.68. The highest BCUT2D eigenvalue weighted by molar-refractivity contribution is 6.32. The summed E-state index contributed by atoms with van der Waals surface area (Å²) >= 11 is 6.23. The van der Waals surface area contributed by atoms with Gasteiger partial charge in [0.05, 0.1) is 19.2 Å². The molecule has 8 nitrogen and oxygen atoms in total. The number of nitrogens with one attached hydrogen (secondary N) is 1. The van der Waals surface area contributed by atoms with Gasteiger partial charge < -0.3 is 25.3 Å². The number of ether oxygens (including phenoxy) is 3. The molecule has 0 unspecified atom stereocenters. The number of carbonyl (C=O) groups excluding carboxylic acids is 2. The average molecular weight is 480 g/mol. The number of rotatable bonds is 9. The largest absolute Gasteiger partial charge is 0.494 e. The second-order valence-corrected chi connectivity index (χ2v) is 8.14. The van der Waals surface area contributed by atoms with Crippen molar-refractivity contribution in [3.63, 3.8) is 0 Å². The van der Waals surface area contributed by atoms with Gasteiger partial charge in [-0.05, 0) is 42.7 Å². The number of piperidine rings is 1. The molecule has 3 rings (SSSR count). The van der Waals surface area contributed by atoms with Gasteiger partial charge in [-0.1, -0.05) is 17.7 Å². The number of nitrogens with zero attached hydrogens (tertiary/aromatic N) is 1. The Morgan fingerprint density at radius 3 is 2.45 bits per heavy atom. The van der Waals surface area contributed by atoms with Gasteiger partial charge >= 0.3 is 0 Å². The molecule has 10 heteroatoms. The Morgan fingerprint density at radius 1 is 1.15 bits per heavy atom. The van der Waals surface area contributed by atoms with Crippen molar-refractivity contribution < 1.29 is 28.2 Å². The number of carbonyl (C=O) groups is 2. The molecule has 0 aliphatic carbocycles. The molecule has 1 aliphatic heterocycles. The van der Waals surface area contributed by atoms with Crippen LogP contribution in [0.5, 0.6) is 17.2 Å². The lowest BCUT2D eigenvalue weighted by Crippen LogP contribution is -2.44. The third-order valence-electron chi connectivity index (χ3n) is 5.40. The number of amides is 2. The number of hydrogen-bond donors (Lipinski definition) is 2. The molecule has 1 aliphatic rings. The van der Waals surface area contributed by atoms with Crippen LogP contribution >= 0.6 is 11.6 Å². The molecule has 0 spiro atoms. The minimum atomic E-state index is -0.654. The molecule has 0 atom stereocenters. The highest BCUT2D eigenvalue weighted by Crippen LogP contribution is 2.36. The van der Waals surface area contributed by atoms with Crippen LogP contribution in [0.2, 0.25) is 5.02 Å². The highest BCUT2D eigenvalue weighted by Gasteiger charge is 2.23. The topological polar surface area (TPSA) is 103 Å². The van der Waals surface area contributed by atoms with Crippen LogP contribution in [0.3, 0.4) is 0 Å². The molecule has 2 aromatic carbocycles. The molecular formula is C23H27ClFN3O5. The summed E-state index contributed by atoms with van der Waals surface area (Å²) in [4.78, 5) is 26.0. The maximum atomic E-state index is 13.9. The summed E-state index contributed by atoms with van der Waals surface area (Å²) in [6.07, 6.45) is 1.52. The Balaban J connectivity index is 1.56. The van der Waals surface area contributed by atoms with E-state index < -0.39 is 5.91 Å². The average Bonchev–Trinajstić information content (AvgIpc) is 2.79. The van der Waals surface area contributed by atoms with Gasteiger partial charge in [0, 0.05) is 31.2 Å². The van der Waals surface area contributed by atoms with Gasteiger partial charge in [-0.15, -0.1) is 0 Å². The van der Waals surface area contributed by atoms with E-state index in [1.807, 2.05) is 6.07 Å². The van der Waals surface area contributed by atoms with Crippen LogP contribution in [0, 0.1) is 5.82 Å². The van der Waals surface area contributed by atoms with Crippen LogP contribution in [-0.2, 0) is 11.3 Å². The Morgan fingerprint density at radius 2 is 1.85 bits per heavy atom. The van der Waals surface area contributed by atoms with E-state index in [1.54, 1.807) is 6.07 Å². The summed E-state index contributed by atoms with van der Waals surface area (Å²) < 4.78 is 29.4. The first-order chi connectivity index (χ1) is 15.8. The minimum Gasteiger partial charge on any atom is -0.494 e. The van der Waals surface area contributed by atoms with Gasteiger partial charge in [0.15, 0.2) is 29.7 Å². The molecule has 2 amide bonds. The summed E-state index contributed by atoms with van der Waals surface area (Å²) in [6.45, 7) is 1.80. The maximum absolute atomic E-state index is 13.9. The summed E-state index contributed by atoms with van der Waals surface area (Å²) in [5.74, 6) is -0.708. The van der Waals surface area contributed by atoms with E-state index in [-0.39, 0.29) is 46.6 Å². The van der Waals surface area contributed by atoms with E-state index in [0.717, 1.165) is 31.5 Å². The predicted octanol–water partition coefficient (Wildman–Crippen LogP) is 2.75. The van der Waals surface area contributed by atoms with Crippen molar-refractivity contribution >= 4 is 23.4 Å². The molecule has 1 saturated heterocycles. The van der Waals surface area contributed by atoms with Gasteiger partial charge in [0.2, 0.25) is 0 Å². The van der Waals surface area contributed by atoms with Crippen LogP contribution in [0.1, 0.15) is 28.8 Å². The van der Waals surface area contributed by atoms with Crippen molar-refractivity contribution in [3.05, 3.63) is 52.3 Å². The lowest BCUT2D eigenvalue weighted by Gasteiger charge is -2.32. The number of methoxy groups -OCH3 is 2. The molecule has 0 aromatic heterocycles. The van der Waals surface area contributed by atoms with Crippen molar-refractivity contribution in [1.29, 1.82) is 0 Å². The number of benzene rings is 2. The zero-order valence-corrected chi connectivity index (χ0v) is 19.3. The van der Waals surface area contributed by atoms with Gasteiger partial charge in [0.1, 0.15) is 0 Å². The number of halogens is 2. The summed E-state index contributed by atoms with van der Waals surface area (Å²) in [5.41, 5.74) is 6.29. The Hall–Kier alpha value is -3.04. The quantitative estimate of drug-likeness (QED) is 0.573. The fraction of sp³-hybridized carbons (Fsp3) is 0.391. The van der Waals surface area contributed by atoms with Gasteiger partial charge in [-0.3, -0.25) is 14.5 Å². The number of nitrogens with two attached hydrogens (primary N) is 1. The molecule has 1 heterocycles. The van der Waals surface area contributed by atoms with E-state index in [9.17, 15) is 14.0 Å². The SMILES string of the molecule is COc1ccc(CN2CCC(NC(=O)c3cc(Cl)c(OCC(N)=O)c(OC)c3)CC2)cc1F. The number of hydrogen-bond acceptors (Lipinski definition) is 6. The molecule has 1 fully saturated rings. The fourth-order valence-electron chi connectivity index (χ4n) is 3.70. The maximum Gasteiger partial charge on any atom is 0.255 e. The normalized spacial score (nSPS) is 14.5. The van der Waals surface area contributed by atoms with Crippen molar-refractivity contribution in [2.45, 2.75) is 25.4 Å². The van der Waals surface area contributed by atoms with Crippen LogP contribution in [0.4, 0.5) is 4.39 Å². The lowest BCUT2D eigenvalue weighted by molar-refractivity contribution is -0.119. The Bertz CT molecular complexity index is 1010. The van der Waals surface area contributed by atoms with Crippen LogP contribution in [0.15, 0.2) is 30.3 Å². The van der Waals surface area contributed by atoms with Crippen LogP contribution in [0.25, 0.3) is 0 Å². The van der Waals surface area contributed by atoms with Gasteiger partial charge in [-0.25, -0.2) is 4.39 Å². The fourth-order valence-corrected chi connectivity index (χ4v) is 3.97. The predicted molar refractivity (Wildman–Crippen MR) is 121 cm³/mol. The Kier molecular flexibility index (Phi) is 8.35. The summed E-state index contributed by atoms with van der Waals surface area (Å²) in [5, 5.41) is 3.16. The monoisotopic (exact) mass is 479 g/mol. The first kappa shape index (κ1) is 24.6. The zero-order valence-electron chi connectivity index (χ0n) is 18.5. The van der Waals surface area contributed by atoms with Crippen molar-refractivity contribution in [3.8, 4) is 17.2 Å². The lowest BCUT2D eigenvalue weighted by atomic mass is 10.0. The van der Waals surface area contributed by atoms with E-state index in [4.69, 9.17) is 31.5 Å². The molecule has 2 aromatic rings. The number of primary amides is 1. The Labute approximate surface area is 196 Å². The van der Waals surface area contributed by atoms with Crippen molar-refractivity contribution in [2.24, 2.45) is 5.73 Å². The standard InChI is InChI=1S/C23H27ClFN3O5/c1-31-19-4-3-14(9-18(19)25)12-28-7-5-16(6-8-28)27-23(30)15-10-17(24)22(20(11-15)32-2)33-13-21(26)29/h3-4,9-11,16H,5-8,12-13H2,1-2H3,(H2,26,29)(H,27,30). The zero-order chi connectivity index (χ0) is 24.0. The molecule has 33 heavy (non-hydrogen) atoms. The molecule has 178 valence electrons. The summed E-state index contributed by atoms with van der Waals surface area (Å²) in [7, 11) is 2.85. The second kappa shape index (κ2) is 11.2.